The van der Waals surface area contributed by atoms with Crippen LogP contribution in [-0.4, -0.2) is 34.8 Å². The van der Waals surface area contributed by atoms with Crippen LogP contribution in [0.3, 0.4) is 0 Å². The van der Waals surface area contributed by atoms with Crippen LogP contribution in [0.2, 0.25) is 0 Å². The molecule has 1 heterocycles. The third-order valence-electron chi connectivity index (χ3n) is 4.15. The lowest BCUT2D eigenvalue weighted by Gasteiger charge is -2.44. The number of nitrogens with one attached hydrogen (secondary N) is 1. The van der Waals surface area contributed by atoms with Crippen molar-refractivity contribution in [1.82, 2.24) is 10.2 Å². The second-order valence-corrected chi connectivity index (χ2v) is 6.72. The zero-order chi connectivity index (χ0) is 14.9. The number of nitrogens with zero attached hydrogens (tertiary/aromatic N) is 1. The van der Waals surface area contributed by atoms with Gasteiger partial charge in [0, 0.05) is 6.04 Å². The minimum absolute atomic E-state index is 0.0112. The number of amides is 2. The van der Waals surface area contributed by atoms with E-state index in [4.69, 9.17) is 0 Å². The predicted molar refractivity (Wildman–Crippen MR) is 79.0 cm³/mol. The SMILES string of the molecule is CC(C)CC1NC(=O)C(C(C)C)N(C2CC=CC2)C1=O. The molecule has 0 aromatic rings. The molecule has 112 valence electrons. The van der Waals surface area contributed by atoms with Crippen LogP contribution in [0.15, 0.2) is 12.2 Å². The predicted octanol–water partition coefficient (Wildman–Crippen LogP) is 2.10. The molecule has 1 N–H and O–H groups in total. The summed E-state index contributed by atoms with van der Waals surface area (Å²) in [6.45, 7) is 8.18. The molecule has 0 radical (unpaired) electrons. The Balaban J connectivity index is 2.23. The van der Waals surface area contributed by atoms with Crippen molar-refractivity contribution in [2.24, 2.45) is 11.8 Å². The highest BCUT2D eigenvalue weighted by molar-refractivity contribution is 5.97. The van der Waals surface area contributed by atoms with Crippen LogP contribution in [0.4, 0.5) is 0 Å². The summed E-state index contributed by atoms with van der Waals surface area (Å²) in [7, 11) is 0. The molecular formula is C16H26N2O2. The molecule has 1 aliphatic heterocycles. The summed E-state index contributed by atoms with van der Waals surface area (Å²) in [6.07, 6.45) is 6.68. The molecule has 0 aromatic carbocycles. The van der Waals surface area contributed by atoms with Crippen molar-refractivity contribution < 1.29 is 9.59 Å². The van der Waals surface area contributed by atoms with E-state index in [0.717, 1.165) is 12.8 Å². The van der Waals surface area contributed by atoms with Gasteiger partial charge in [-0.05, 0) is 31.1 Å². The van der Waals surface area contributed by atoms with E-state index >= 15 is 0 Å². The molecule has 20 heavy (non-hydrogen) atoms. The minimum atomic E-state index is -0.349. The van der Waals surface area contributed by atoms with Crippen LogP contribution in [-0.2, 0) is 9.59 Å². The summed E-state index contributed by atoms with van der Waals surface area (Å²) < 4.78 is 0. The fourth-order valence-corrected chi connectivity index (χ4v) is 3.25. The van der Waals surface area contributed by atoms with Gasteiger partial charge in [0.2, 0.25) is 11.8 Å². The molecule has 0 bridgehead atoms. The minimum Gasteiger partial charge on any atom is -0.342 e. The Bertz CT molecular complexity index is 407. The fraction of sp³-hybridized carbons (Fsp3) is 0.750. The Hall–Kier alpha value is -1.32. The Morgan fingerprint density at radius 2 is 1.80 bits per heavy atom. The zero-order valence-corrected chi connectivity index (χ0v) is 12.9. The molecule has 4 nitrogen and oxygen atoms in total. The van der Waals surface area contributed by atoms with Crippen LogP contribution < -0.4 is 5.32 Å². The molecule has 0 saturated carbocycles. The highest BCUT2D eigenvalue weighted by Crippen LogP contribution is 2.27. The van der Waals surface area contributed by atoms with Gasteiger partial charge in [-0.15, -0.1) is 0 Å². The van der Waals surface area contributed by atoms with Crippen LogP contribution in [0.25, 0.3) is 0 Å². The quantitative estimate of drug-likeness (QED) is 0.801. The smallest absolute Gasteiger partial charge is 0.246 e. The van der Waals surface area contributed by atoms with Gasteiger partial charge in [-0.3, -0.25) is 9.59 Å². The van der Waals surface area contributed by atoms with Gasteiger partial charge in [0.25, 0.3) is 0 Å². The maximum Gasteiger partial charge on any atom is 0.246 e. The number of hydrogen-bond donors (Lipinski definition) is 1. The monoisotopic (exact) mass is 278 g/mol. The summed E-state index contributed by atoms with van der Waals surface area (Å²) in [5.74, 6) is 0.644. The molecule has 0 aromatic heterocycles. The normalized spacial score (nSPS) is 27.8. The van der Waals surface area contributed by atoms with Gasteiger partial charge in [-0.25, -0.2) is 0 Å². The summed E-state index contributed by atoms with van der Waals surface area (Å²) in [5.41, 5.74) is 0. The van der Waals surface area contributed by atoms with E-state index in [0.29, 0.717) is 12.3 Å². The lowest BCUT2D eigenvalue weighted by atomic mass is 9.91. The number of carbonyl (C=O) groups excluding carboxylic acids is 2. The molecule has 1 aliphatic carbocycles. The van der Waals surface area contributed by atoms with E-state index in [2.05, 4.69) is 31.3 Å². The summed E-state index contributed by atoms with van der Waals surface area (Å²) >= 11 is 0. The molecule has 2 rings (SSSR count). The van der Waals surface area contributed by atoms with Crippen molar-refractivity contribution in [1.29, 1.82) is 0 Å². The number of piperazine rings is 1. The van der Waals surface area contributed by atoms with Gasteiger partial charge in [0.15, 0.2) is 0 Å². The third kappa shape index (κ3) is 2.89. The molecular weight excluding hydrogens is 252 g/mol. The third-order valence-corrected chi connectivity index (χ3v) is 4.15. The number of hydrogen-bond acceptors (Lipinski definition) is 2. The van der Waals surface area contributed by atoms with Gasteiger partial charge in [0.05, 0.1) is 0 Å². The van der Waals surface area contributed by atoms with Crippen LogP contribution in [0.1, 0.15) is 47.0 Å². The first-order valence-electron chi connectivity index (χ1n) is 7.69. The topological polar surface area (TPSA) is 49.4 Å². The van der Waals surface area contributed by atoms with E-state index in [1.165, 1.54) is 0 Å². The van der Waals surface area contributed by atoms with E-state index in [1.807, 2.05) is 18.7 Å². The molecule has 2 aliphatic rings. The lowest BCUT2D eigenvalue weighted by Crippen LogP contribution is -2.67. The van der Waals surface area contributed by atoms with Crippen molar-refractivity contribution in [2.45, 2.75) is 65.1 Å². The second-order valence-electron chi connectivity index (χ2n) is 6.72. The number of rotatable bonds is 4. The summed E-state index contributed by atoms with van der Waals surface area (Å²) in [4.78, 5) is 27.1. The first kappa shape index (κ1) is 15.1. The van der Waals surface area contributed by atoms with Crippen molar-refractivity contribution in [3.63, 3.8) is 0 Å². The van der Waals surface area contributed by atoms with Gasteiger partial charge < -0.3 is 10.2 Å². The van der Waals surface area contributed by atoms with E-state index in [-0.39, 0.29) is 35.9 Å². The Kier molecular flexibility index (Phi) is 4.51. The van der Waals surface area contributed by atoms with Crippen molar-refractivity contribution in [3.05, 3.63) is 12.2 Å². The van der Waals surface area contributed by atoms with Crippen LogP contribution >= 0.6 is 0 Å². The molecule has 2 amide bonds. The Morgan fingerprint density at radius 3 is 2.30 bits per heavy atom. The van der Waals surface area contributed by atoms with Gasteiger partial charge >= 0.3 is 0 Å². The largest absolute Gasteiger partial charge is 0.342 e. The first-order chi connectivity index (χ1) is 9.41. The van der Waals surface area contributed by atoms with E-state index in [9.17, 15) is 9.59 Å². The molecule has 1 fully saturated rings. The standard InChI is InChI=1S/C16H26N2O2/c1-10(2)9-13-16(20)18(12-7-5-6-8-12)14(11(3)4)15(19)17-13/h5-6,10-14H,7-9H2,1-4H3,(H,17,19). The average Bonchev–Trinajstić information content (AvgIpc) is 2.85. The van der Waals surface area contributed by atoms with Crippen molar-refractivity contribution in [3.8, 4) is 0 Å². The van der Waals surface area contributed by atoms with Gasteiger partial charge in [-0.1, -0.05) is 39.8 Å². The van der Waals surface area contributed by atoms with Gasteiger partial charge in [-0.2, -0.15) is 0 Å². The highest BCUT2D eigenvalue weighted by atomic mass is 16.2. The second kappa shape index (κ2) is 5.98. The highest BCUT2D eigenvalue weighted by Gasteiger charge is 2.44. The molecule has 2 atom stereocenters. The van der Waals surface area contributed by atoms with Gasteiger partial charge in [0.1, 0.15) is 12.1 Å². The van der Waals surface area contributed by atoms with E-state index < -0.39 is 0 Å². The fourth-order valence-electron chi connectivity index (χ4n) is 3.25. The zero-order valence-electron chi connectivity index (χ0n) is 12.9. The maximum atomic E-state index is 12.8. The summed E-state index contributed by atoms with van der Waals surface area (Å²) in [6, 6.07) is -0.510. The van der Waals surface area contributed by atoms with Crippen LogP contribution in [0.5, 0.6) is 0 Å². The molecule has 0 spiro atoms. The van der Waals surface area contributed by atoms with E-state index in [1.54, 1.807) is 0 Å². The summed E-state index contributed by atoms with van der Waals surface area (Å²) in [5, 5.41) is 2.93. The molecule has 2 unspecified atom stereocenters. The van der Waals surface area contributed by atoms with Crippen LogP contribution in [0, 0.1) is 11.8 Å². The number of carbonyl (C=O) groups is 2. The van der Waals surface area contributed by atoms with Crippen molar-refractivity contribution >= 4 is 11.8 Å². The molecule has 4 heteroatoms. The Morgan fingerprint density at radius 1 is 1.20 bits per heavy atom. The average molecular weight is 278 g/mol. The van der Waals surface area contributed by atoms with Crippen molar-refractivity contribution in [2.75, 3.05) is 0 Å². The first-order valence-corrected chi connectivity index (χ1v) is 7.69. The molecule has 1 saturated heterocycles. The Labute approximate surface area is 121 Å². The maximum absolute atomic E-state index is 12.8. The lowest BCUT2D eigenvalue weighted by molar-refractivity contribution is -0.154.